The third-order valence-electron chi connectivity index (χ3n) is 2.42. The van der Waals surface area contributed by atoms with Crippen LogP contribution in [0.2, 0.25) is 0 Å². The van der Waals surface area contributed by atoms with E-state index in [1.165, 1.54) is 7.05 Å². The van der Waals surface area contributed by atoms with Crippen molar-refractivity contribution in [1.29, 1.82) is 0 Å². The number of rotatable bonds is 1. The number of aromatic nitrogens is 1. The van der Waals surface area contributed by atoms with E-state index in [2.05, 4.69) is 26.2 Å². The summed E-state index contributed by atoms with van der Waals surface area (Å²) in [5.41, 5.74) is -0.436. The Labute approximate surface area is 105 Å². The molecule has 0 unspecified atom stereocenters. The van der Waals surface area contributed by atoms with Crippen molar-refractivity contribution in [3.63, 3.8) is 0 Å². The molecule has 1 aromatic carbocycles. The van der Waals surface area contributed by atoms with Gasteiger partial charge < -0.3 is 15.4 Å². The van der Waals surface area contributed by atoms with Gasteiger partial charge in [0.2, 0.25) is 0 Å². The maximum absolute atomic E-state index is 11.7. The zero-order valence-electron chi connectivity index (χ0n) is 8.87. The van der Waals surface area contributed by atoms with Crippen LogP contribution < -0.4 is 10.9 Å². The minimum Gasteiger partial charge on any atom is -0.506 e. The Hall–Kier alpha value is -1.82. The molecule has 0 saturated carbocycles. The van der Waals surface area contributed by atoms with Gasteiger partial charge in [0.1, 0.15) is 11.3 Å². The summed E-state index contributed by atoms with van der Waals surface area (Å²) in [6.45, 7) is 0. The predicted molar refractivity (Wildman–Crippen MR) is 67.3 cm³/mol. The standard InChI is InChI=1S/C11H9BrN2O3/c1-13-10(16)8-9(15)7-5(12)3-2-4-6(7)14-11(8)17/h2-4H,1H3,(H,13,16)(H2,14,15,17). The number of fused-ring (bicyclic) bond motifs is 1. The molecule has 3 N–H and O–H groups in total. The predicted octanol–water partition coefficient (Wildman–Crippen LogP) is 1.36. The molecule has 0 bridgehead atoms. The largest absolute Gasteiger partial charge is 0.506 e. The van der Waals surface area contributed by atoms with Crippen LogP contribution in [0.5, 0.6) is 5.75 Å². The molecular weight excluding hydrogens is 288 g/mol. The van der Waals surface area contributed by atoms with Gasteiger partial charge in [0.15, 0.2) is 0 Å². The number of carbonyl (C=O) groups is 1. The van der Waals surface area contributed by atoms with Crippen LogP contribution in [0.1, 0.15) is 10.4 Å². The number of benzene rings is 1. The van der Waals surface area contributed by atoms with E-state index in [0.717, 1.165) is 0 Å². The fourth-order valence-electron chi connectivity index (χ4n) is 1.62. The number of hydrogen-bond acceptors (Lipinski definition) is 3. The Kier molecular flexibility index (Phi) is 2.89. The second-order valence-corrected chi connectivity index (χ2v) is 4.27. The summed E-state index contributed by atoms with van der Waals surface area (Å²) in [6.07, 6.45) is 0. The molecule has 0 aliphatic heterocycles. The highest BCUT2D eigenvalue weighted by Gasteiger charge is 2.18. The average Bonchev–Trinajstić information content (AvgIpc) is 2.28. The molecular formula is C11H9BrN2O3. The van der Waals surface area contributed by atoms with E-state index in [1.807, 2.05) is 0 Å². The minimum atomic E-state index is -0.624. The second kappa shape index (κ2) is 4.21. The maximum atomic E-state index is 11.7. The number of hydrogen-bond donors (Lipinski definition) is 3. The molecule has 0 aliphatic carbocycles. The Morgan fingerprint density at radius 1 is 1.47 bits per heavy atom. The molecule has 5 nitrogen and oxygen atoms in total. The van der Waals surface area contributed by atoms with Crippen LogP contribution in [0.4, 0.5) is 0 Å². The smallest absolute Gasteiger partial charge is 0.265 e. The van der Waals surface area contributed by atoms with Crippen molar-refractivity contribution < 1.29 is 9.90 Å². The Morgan fingerprint density at radius 2 is 2.18 bits per heavy atom. The fraction of sp³-hybridized carbons (Fsp3) is 0.0909. The first kappa shape index (κ1) is 11.7. The second-order valence-electron chi connectivity index (χ2n) is 3.42. The van der Waals surface area contributed by atoms with Gasteiger partial charge in [-0.2, -0.15) is 0 Å². The summed E-state index contributed by atoms with van der Waals surface area (Å²) in [6, 6.07) is 5.09. The number of halogens is 1. The van der Waals surface area contributed by atoms with Gasteiger partial charge >= 0.3 is 0 Å². The van der Waals surface area contributed by atoms with Crippen LogP contribution in [-0.4, -0.2) is 23.0 Å². The number of pyridine rings is 1. The van der Waals surface area contributed by atoms with E-state index in [1.54, 1.807) is 18.2 Å². The number of nitrogens with one attached hydrogen (secondary N) is 2. The molecule has 17 heavy (non-hydrogen) atoms. The molecule has 1 aromatic heterocycles. The summed E-state index contributed by atoms with van der Waals surface area (Å²) in [4.78, 5) is 25.7. The van der Waals surface area contributed by atoms with Gasteiger partial charge in [-0.1, -0.05) is 6.07 Å². The van der Waals surface area contributed by atoms with Gasteiger partial charge in [-0.3, -0.25) is 9.59 Å². The normalized spacial score (nSPS) is 10.5. The molecule has 0 fully saturated rings. The van der Waals surface area contributed by atoms with E-state index in [4.69, 9.17) is 0 Å². The highest BCUT2D eigenvalue weighted by molar-refractivity contribution is 9.10. The van der Waals surface area contributed by atoms with Crippen molar-refractivity contribution in [3.8, 4) is 5.75 Å². The summed E-state index contributed by atoms with van der Waals surface area (Å²) < 4.78 is 0.605. The molecule has 2 aromatic rings. The molecule has 1 heterocycles. The third kappa shape index (κ3) is 1.80. The highest BCUT2D eigenvalue weighted by Crippen LogP contribution is 2.31. The van der Waals surface area contributed by atoms with Gasteiger partial charge in [0.25, 0.3) is 11.5 Å². The topological polar surface area (TPSA) is 82.2 Å². The molecule has 0 spiro atoms. The van der Waals surface area contributed by atoms with Crippen molar-refractivity contribution >= 4 is 32.7 Å². The van der Waals surface area contributed by atoms with Crippen LogP contribution in [0, 0.1) is 0 Å². The molecule has 0 atom stereocenters. The van der Waals surface area contributed by atoms with Crippen molar-refractivity contribution in [2.45, 2.75) is 0 Å². The molecule has 0 radical (unpaired) electrons. The molecule has 2 rings (SSSR count). The van der Waals surface area contributed by atoms with Gasteiger partial charge in [0, 0.05) is 11.5 Å². The molecule has 1 amide bonds. The van der Waals surface area contributed by atoms with Crippen LogP contribution in [0.3, 0.4) is 0 Å². The van der Waals surface area contributed by atoms with Crippen molar-refractivity contribution in [3.05, 3.63) is 38.6 Å². The number of amides is 1. The molecule has 0 aliphatic rings. The van der Waals surface area contributed by atoms with Crippen LogP contribution >= 0.6 is 15.9 Å². The van der Waals surface area contributed by atoms with Crippen molar-refractivity contribution in [2.24, 2.45) is 0 Å². The average molecular weight is 297 g/mol. The lowest BCUT2D eigenvalue weighted by atomic mass is 10.1. The fourth-order valence-corrected chi connectivity index (χ4v) is 2.18. The number of H-pyrrole nitrogens is 1. The van der Waals surface area contributed by atoms with Crippen LogP contribution in [0.25, 0.3) is 10.9 Å². The first-order valence-electron chi connectivity index (χ1n) is 4.81. The van der Waals surface area contributed by atoms with Gasteiger partial charge in [-0.05, 0) is 28.1 Å². The lowest BCUT2D eigenvalue weighted by Crippen LogP contribution is -2.26. The number of aromatic amines is 1. The maximum Gasteiger partial charge on any atom is 0.265 e. The van der Waals surface area contributed by atoms with Gasteiger partial charge in [-0.25, -0.2) is 0 Å². The molecule has 6 heteroatoms. The monoisotopic (exact) mass is 296 g/mol. The van der Waals surface area contributed by atoms with E-state index >= 15 is 0 Å². The van der Waals surface area contributed by atoms with Crippen LogP contribution in [-0.2, 0) is 0 Å². The van der Waals surface area contributed by atoms with Crippen molar-refractivity contribution in [2.75, 3.05) is 7.05 Å². The molecule has 88 valence electrons. The van der Waals surface area contributed by atoms with E-state index in [-0.39, 0.29) is 11.3 Å². The highest BCUT2D eigenvalue weighted by atomic mass is 79.9. The zero-order valence-corrected chi connectivity index (χ0v) is 10.5. The summed E-state index contributed by atoms with van der Waals surface area (Å²) in [7, 11) is 1.39. The van der Waals surface area contributed by atoms with Crippen molar-refractivity contribution in [1.82, 2.24) is 10.3 Å². The summed E-state index contributed by atoms with van der Waals surface area (Å²) in [5.74, 6) is -0.947. The Bertz CT molecular complexity index is 664. The Balaban J connectivity index is 2.93. The third-order valence-corrected chi connectivity index (χ3v) is 3.08. The van der Waals surface area contributed by atoms with E-state index < -0.39 is 11.5 Å². The lowest BCUT2D eigenvalue weighted by molar-refractivity contribution is 0.0959. The minimum absolute atomic E-state index is 0.285. The van der Waals surface area contributed by atoms with E-state index in [9.17, 15) is 14.7 Å². The SMILES string of the molecule is CNC(=O)c1c(O)c2c(Br)cccc2[nH]c1=O. The summed E-state index contributed by atoms with van der Waals surface area (Å²) >= 11 is 3.26. The van der Waals surface area contributed by atoms with Gasteiger partial charge in [0.05, 0.1) is 10.9 Å². The molecule has 0 saturated heterocycles. The first-order chi connectivity index (χ1) is 8.06. The first-order valence-corrected chi connectivity index (χ1v) is 5.61. The quantitative estimate of drug-likeness (QED) is 0.743. The zero-order chi connectivity index (χ0) is 12.6. The lowest BCUT2D eigenvalue weighted by Gasteiger charge is -2.07. The van der Waals surface area contributed by atoms with Crippen LogP contribution in [0.15, 0.2) is 27.5 Å². The number of aromatic hydroxyl groups is 1. The number of carbonyl (C=O) groups excluding carboxylic acids is 1. The summed E-state index contributed by atoms with van der Waals surface area (Å²) in [5, 5.41) is 12.7. The van der Waals surface area contributed by atoms with Gasteiger partial charge in [-0.15, -0.1) is 0 Å². The Morgan fingerprint density at radius 3 is 2.82 bits per heavy atom. The van der Waals surface area contributed by atoms with E-state index in [0.29, 0.717) is 15.4 Å².